The third-order valence-electron chi connectivity index (χ3n) is 5.42. The molecule has 0 bridgehead atoms. The number of H-pyrrole nitrogens is 1. The van der Waals surface area contributed by atoms with Crippen molar-refractivity contribution in [2.45, 2.75) is 45.2 Å². The molecule has 1 fully saturated rings. The van der Waals surface area contributed by atoms with E-state index in [0.717, 1.165) is 24.6 Å². The average molecular weight is 406 g/mol. The molecule has 1 atom stereocenters. The van der Waals surface area contributed by atoms with E-state index in [1.165, 1.54) is 6.07 Å². The van der Waals surface area contributed by atoms with Crippen molar-refractivity contribution in [2.24, 2.45) is 0 Å². The second-order valence-electron chi connectivity index (χ2n) is 7.36. The van der Waals surface area contributed by atoms with Gasteiger partial charge in [-0.05, 0) is 44.4 Å². The number of halogens is 3. The van der Waals surface area contributed by atoms with Crippen LogP contribution >= 0.6 is 0 Å². The maximum Gasteiger partial charge on any atom is 0.433 e. The van der Waals surface area contributed by atoms with Crippen LogP contribution in [0.4, 0.5) is 13.2 Å². The first-order valence-electron chi connectivity index (χ1n) is 9.59. The van der Waals surface area contributed by atoms with Crippen molar-refractivity contribution in [3.63, 3.8) is 0 Å². The van der Waals surface area contributed by atoms with Crippen molar-refractivity contribution in [1.82, 2.24) is 20.0 Å². The Kier molecular flexibility index (Phi) is 4.84. The lowest BCUT2D eigenvalue weighted by atomic mass is 9.94. The fourth-order valence-electron chi connectivity index (χ4n) is 3.91. The third kappa shape index (κ3) is 3.61. The largest absolute Gasteiger partial charge is 0.433 e. The number of amides is 1. The molecule has 1 aliphatic rings. The number of aromatic amines is 1. The van der Waals surface area contributed by atoms with Gasteiger partial charge in [0.1, 0.15) is 17.0 Å². The molecule has 29 heavy (non-hydrogen) atoms. The second kappa shape index (κ2) is 7.20. The molecular weight excluding hydrogens is 385 g/mol. The molecule has 1 amide bonds. The van der Waals surface area contributed by atoms with Crippen molar-refractivity contribution in [2.75, 3.05) is 13.1 Å². The van der Waals surface area contributed by atoms with Gasteiger partial charge in [-0.3, -0.25) is 4.79 Å². The van der Waals surface area contributed by atoms with Gasteiger partial charge in [-0.15, -0.1) is 0 Å². The maximum atomic E-state index is 13.0. The topological polar surface area (TPSA) is 75.0 Å². The number of hydrogen-bond acceptors (Lipinski definition) is 4. The van der Waals surface area contributed by atoms with E-state index in [4.69, 9.17) is 4.52 Å². The number of aryl methyl sites for hydroxylation is 2. The minimum Gasteiger partial charge on any atom is -0.361 e. The fourth-order valence-corrected chi connectivity index (χ4v) is 3.91. The van der Waals surface area contributed by atoms with Gasteiger partial charge >= 0.3 is 6.18 Å². The predicted octanol–water partition coefficient (Wildman–Crippen LogP) is 4.46. The molecule has 154 valence electrons. The van der Waals surface area contributed by atoms with Gasteiger partial charge in [-0.2, -0.15) is 13.2 Å². The van der Waals surface area contributed by atoms with Gasteiger partial charge in [-0.1, -0.05) is 12.1 Å². The van der Waals surface area contributed by atoms with Crippen molar-refractivity contribution in [3.8, 4) is 0 Å². The molecule has 0 saturated carbocycles. The Morgan fingerprint density at radius 2 is 2.17 bits per heavy atom. The number of carbonyl (C=O) groups excluding carboxylic acids is 1. The SMILES string of the molecule is CCc1noc(C)c1C(=O)N1CCC[C@H](c2cc3nc(C(F)(F)F)ccc3[nH]2)C1. The highest BCUT2D eigenvalue weighted by molar-refractivity contribution is 5.96. The summed E-state index contributed by atoms with van der Waals surface area (Å²) in [5, 5.41) is 3.96. The Hall–Kier alpha value is -2.84. The van der Waals surface area contributed by atoms with Crippen LogP contribution in [0.25, 0.3) is 11.0 Å². The molecule has 6 nitrogen and oxygen atoms in total. The van der Waals surface area contributed by atoms with Gasteiger partial charge in [0.15, 0.2) is 0 Å². The number of carbonyl (C=O) groups is 1. The first-order chi connectivity index (χ1) is 13.8. The molecule has 4 heterocycles. The summed E-state index contributed by atoms with van der Waals surface area (Å²) in [4.78, 5) is 21.7. The van der Waals surface area contributed by atoms with Gasteiger partial charge in [0, 0.05) is 24.7 Å². The van der Waals surface area contributed by atoms with Gasteiger partial charge in [-0.25, -0.2) is 4.98 Å². The van der Waals surface area contributed by atoms with E-state index in [-0.39, 0.29) is 17.3 Å². The summed E-state index contributed by atoms with van der Waals surface area (Å²) in [6.07, 6.45) is -2.23. The fraction of sp³-hybridized carbons (Fsp3) is 0.450. The minimum absolute atomic E-state index is 0.00137. The van der Waals surface area contributed by atoms with Crippen molar-refractivity contribution >= 4 is 16.9 Å². The molecular formula is C20H21F3N4O2. The van der Waals surface area contributed by atoms with E-state index >= 15 is 0 Å². The Labute approximate surface area is 165 Å². The van der Waals surface area contributed by atoms with Crippen LogP contribution in [0, 0.1) is 6.92 Å². The molecule has 1 N–H and O–H groups in total. The summed E-state index contributed by atoms with van der Waals surface area (Å²) < 4.78 is 43.9. The molecule has 1 aliphatic heterocycles. The van der Waals surface area contributed by atoms with E-state index in [2.05, 4.69) is 15.1 Å². The standard InChI is InChI=1S/C20H21F3N4O2/c1-3-13-18(11(2)29-26-13)19(28)27-8-4-5-12(10-27)15-9-16-14(24-15)6-7-17(25-16)20(21,22)23/h6-7,9,12,24H,3-5,8,10H2,1-2H3/t12-/m0/s1. The van der Waals surface area contributed by atoms with Gasteiger partial charge in [0.25, 0.3) is 5.91 Å². The van der Waals surface area contributed by atoms with Crippen LogP contribution in [0.1, 0.15) is 58.9 Å². The first-order valence-corrected chi connectivity index (χ1v) is 9.59. The molecule has 9 heteroatoms. The first kappa shape index (κ1) is 19.5. The summed E-state index contributed by atoms with van der Waals surface area (Å²) >= 11 is 0. The summed E-state index contributed by atoms with van der Waals surface area (Å²) in [6.45, 7) is 4.74. The Bertz CT molecular complexity index is 1050. The molecule has 3 aromatic rings. The number of piperidine rings is 1. The quantitative estimate of drug-likeness (QED) is 0.697. The van der Waals surface area contributed by atoms with E-state index < -0.39 is 11.9 Å². The average Bonchev–Trinajstić information content (AvgIpc) is 3.29. The molecule has 4 rings (SSSR count). The smallest absolute Gasteiger partial charge is 0.361 e. The van der Waals surface area contributed by atoms with Gasteiger partial charge in [0.05, 0.1) is 16.7 Å². The lowest BCUT2D eigenvalue weighted by molar-refractivity contribution is -0.140. The maximum absolute atomic E-state index is 13.0. The number of pyridine rings is 1. The molecule has 0 spiro atoms. The minimum atomic E-state index is -4.48. The van der Waals surface area contributed by atoms with Crippen LogP contribution < -0.4 is 0 Å². The summed E-state index contributed by atoms with van der Waals surface area (Å²) in [5.41, 5.74) is 1.87. The number of nitrogens with one attached hydrogen (secondary N) is 1. The lowest BCUT2D eigenvalue weighted by Gasteiger charge is -2.32. The molecule has 0 aliphatic carbocycles. The number of aromatic nitrogens is 3. The van der Waals surface area contributed by atoms with Crippen LogP contribution in [-0.2, 0) is 12.6 Å². The van der Waals surface area contributed by atoms with E-state index in [1.807, 2.05) is 6.92 Å². The van der Waals surface area contributed by atoms with Crippen molar-refractivity contribution < 1.29 is 22.5 Å². The lowest BCUT2D eigenvalue weighted by Crippen LogP contribution is -2.39. The Morgan fingerprint density at radius 1 is 1.38 bits per heavy atom. The van der Waals surface area contributed by atoms with Gasteiger partial charge < -0.3 is 14.4 Å². The zero-order valence-electron chi connectivity index (χ0n) is 16.1. The molecule has 1 saturated heterocycles. The van der Waals surface area contributed by atoms with E-state index in [9.17, 15) is 18.0 Å². The highest BCUT2D eigenvalue weighted by atomic mass is 19.4. The number of alkyl halides is 3. The second-order valence-corrected chi connectivity index (χ2v) is 7.36. The number of fused-ring (bicyclic) bond motifs is 1. The van der Waals surface area contributed by atoms with E-state index in [1.54, 1.807) is 17.9 Å². The highest BCUT2D eigenvalue weighted by Gasteiger charge is 2.33. The normalized spacial score (nSPS) is 17.8. The summed E-state index contributed by atoms with van der Waals surface area (Å²) in [5.74, 6) is 0.392. The third-order valence-corrected chi connectivity index (χ3v) is 5.42. The van der Waals surface area contributed by atoms with E-state index in [0.29, 0.717) is 42.0 Å². The summed E-state index contributed by atoms with van der Waals surface area (Å²) in [6, 6.07) is 4.03. The van der Waals surface area contributed by atoms with Crippen LogP contribution in [0.5, 0.6) is 0 Å². The molecule has 0 radical (unpaired) electrons. The molecule has 3 aromatic heterocycles. The van der Waals surface area contributed by atoms with Crippen LogP contribution in [0.3, 0.4) is 0 Å². The number of nitrogens with zero attached hydrogens (tertiary/aromatic N) is 3. The summed E-state index contributed by atoms with van der Waals surface area (Å²) in [7, 11) is 0. The zero-order valence-corrected chi connectivity index (χ0v) is 16.1. The van der Waals surface area contributed by atoms with Crippen molar-refractivity contribution in [3.05, 3.63) is 46.6 Å². The van der Waals surface area contributed by atoms with Crippen molar-refractivity contribution in [1.29, 1.82) is 0 Å². The van der Waals surface area contributed by atoms with Crippen LogP contribution in [0.2, 0.25) is 0 Å². The van der Waals surface area contributed by atoms with Crippen LogP contribution in [0.15, 0.2) is 22.7 Å². The highest BCUT2D eigenvalue weighted by Crippen LogP contribution is 2.32. The molecule has 0 aromatic carbocycles. The number of hydrogen-bond donors (Lipinski definition) is 1. The number of rotatable bonds is 3. The zero-order chi connectivity index (χ0) is 20.8. The molecule has 0 unspecified atom stereocenters. The predicted molar refractivity (Wildman–Crippen MR) is 99.6 cm³/mol. The number of likely N-dealkylation sites (tertiary alicyclic amines) is 1. The Morgan fingerprint density at radius 3 is 2.90 bits per heavy atom. The van der Waals surface area contributed by atoms with Gasteiger partial charge in [0.2, 0.25) is 0 Å². The monoisotopic (exact) mass is 406 g/mol. The Balaban J connectivity index is 1.58. The van der Waals surface area contributed by atoms with Crippen LogP contribution in [-0.4, -0.2) is 39.0 Å².